The monoisotopic (exact) mass is 344 g/mol. The van der Waals surface area contributed by atoms with Gasteiger partial charge in [-0.3, -0.25) is 0 Å². The van der Waals surface area contributed by atoms with Crippen molar-refractivity contribution in [1.82, 2.24) is 0 Å². The van der Waals surface area contributed by atoms with Crippen LogP contribution in [0.1, 0.15) is 29.6 Å². The van der Waals surface area contributed by atoms with Gasteiger partial charge in [-0.05, 0) is 11.1 Å². The van der Waals surface area contributed by atoms with E-state index >= 15 is 0 Å². The highest BCUT2D eigenvalue weighted by atomic mass is 16.5. The summed E-state index contributed by atoms with van der Waals surface area (Å²) in [5, 5.41) is 0. The van der Waals surface area contributed by atoms with Gasteiger partial charge in [0, 0.05) is 6.42 Å². The number of benzene rings is 2. The molecule has 4 heteroatoms. The molecule has 0 radical (unpaired) electrons. The van der Waals surface area contributed by atoms with Crippen molar-refractivity contribution in [2.24, 2.45) is 15.9 Å². The van der Waals surface area contributed by atoms with Crippen LogP contribution in [0.15, 0.2) is 70.6 Å². The molecule has 4 nitrogen and oxygen atoms in total. The van der Waals surface area contributed by atoms with E-state index in [1.807, 2.05) is 36.4 Å². The van der Waals surface area contributed by atoms with Crippen LogP contribution in [0.25, 0.3) is 0 Å². The summed E-state index contributed by atoms with van der Waals surface area (Å²) in [6, 6.07) is 20.3. The van der Waals surface area contributed by atoms with Crippen LogP contribution in [-0.2, 0) is 9.47 Å². The first kappa shape index (κ1) is 16.4. The van der Waals surface area contributed by atoms with Gasteiger partial charge in [0.05, 0.1) is 0 Å². The molecule has 0 spiro atoms. The zero-order valence-electron chi connectivity index (χ0n) is 14.4. The maximum atomic E-state index is 5.88. The van der Waals surface area contributed by atoms with Gasteiger partial charge in [0.15, 0.2) is 11.8 Å². The largest absolute Gasteiger partial charge is 0.478 e. The van der Waals surface area contributed by atoms with Crippen molar-refractivity contribution in [3.05, 3.63) is 71.8 Å². The molecule has 2 heterocycles. The summed E-state index contributed by atoms with van der Waals surface area (Å²) in [5.74, 6) is 3.75. The molecule has 2 aliphatic rings. The predicted octanol–water partition coefficient (Wildman–Crippen LogP) is 3.97. The zero-order valence-corrected chi connectivity index (χ0v) is 14.4. The van der Waals surface area contributed by atoms with Crippen LogP contribution in [0.2, 0.25) is 0 Å². The first-order valence-corrected chi connectivity index (χ1v) is 8.79. The van der Waals surface area contributed by atoms with Crippen molar-refractivity contribution in [2.45, 2.75) is 18.5 Å². The second-order valence-electron chi connectivity index (χ2n) is 6.37. The molecule has 130 valence electrons. The molecule has 0 aromatic heterocycles. The maximum Gasteiger partial charge on any atom is 0.197 e. The molecule has 0 amide bonds. The third kappa shape index (κ3) is 3.34. The Morgan fingerprint density at radius 1 is 0.846 bits per heavy atom. The molecule has 0 aliphatic carbocycles. The van der Waals surface area contributed by atoms with Crippen LogP contribution in [-0.4, -0.2) is 25.0 Å². The Kier molecular flexibility index (Phi) is 4.70. The second-order valence-corrected chi connectivity index (χ2v) is 6.37. The number of terminal acetylenes is 1. The Balaban J connectivity index is 1.56. The molecule has 26 heavy (non-hydrogen) atoms. The van der Waals surface area contributed by atoms with Crippen LogP contribution in [0.5, 0.6) is 0 Å². The number of aliphatic imine (C=N–C) groups is 2. The molecule has 0 saturated carbocycles. The van der Waals surface area contributed by atoms with Gasteiger partial charge >= 0.3 is 0 Å². The van der Waals surface area contributed by atoms with Gasteiger partial charge in [-0.1, -0.05) is 60.7 Å². The average molecular weight is 344 g/mol. The van der Waals surface area contributed by atoms with Gasteiger partial charge in [-0.15, -0.1) is 12.3 Å². The molecule has 2 unspecified atom stereocenters. The van der Waals surface area contributed by atoms with E-state index in [-0.39, 0.29) is 18.0 Å². The maximum absolute atomic E-state index is 5.88. The van der Waals surface area contributed by atoms with E-state index < -0.39 is 0 Å². The fourth-order valence-corrected chi connectivity index (χ4v) is 3.26. The molecular weight excluding hydrogens is 324 g/mol. The Morgan fingerprint density at radius 2 is 1.31 bits per heavy atom. The Labute approximate surface area is 153 Å². The van der Waals surface area contributed by atoms with Crippen molar-refractivity contribution in [3.8, 4) is 12.3 Å². The van der Waals surface area contributed by atoms with E-state index in [2.05, 4.69) is 30.2 Å². The molecule has 0 saturated heterocycles. The van der Waals surface area contributed by atoms with Gasteiger partial charge < -0.3 is 9.47 Å². The fraction of sp³-hybridized carbons (Fsp3) is 0.273. The van der Waals surface area contributed by atoms with Crippen molar-refractivity contribution in [3.63, 3.8) is 0 Å². The normalized spacial score (nSPS) is 22.6. The topological polar surface area (TPSA) is 43.2 Å². The molecule has 2 aliphatic heterocycles. The van der Waals surface area contributed by atoms with Crippen molar-refractivity contribution in [1.29, 1.82) is 0 Å². The summed E-state index contributed by atoms with van der Waals surface area (Å²) in [7, 11) is 0. The minimum absolute atomic E-state index is 0.00148. The van der Waals surface area contributed by atoms with Crippen LogP contribution in [0.4, 0.5) is 0 Å². The fourth-order valence-electron chi connectivity index (χ4n) is 3.26. The minimum Gasteiger partial charge on any atom is -0.478 e. The van der Waals surface area contributed by atoms with E-state index in [9.17, 15) is 0 Å². The minimum atomic E-state index is -0.220. The number of hydrogen-bond acceptors (Lipinski definition) is 4. The van der Waals surface area contributed by atoms with E-state index in [0.29, 0.717) is 31.4 Å². The van der Waals surface area contributed by atoms with Gasteiger partial charge in [0.25, 0.3) is 0 Å². The van der Waals surface area contributed by atoms with E-state index in [1.165, 1.54) is 0 Å². The van der Waals surface area contributed by atoms with Gasteiger partial charge in [-0.25, -0.2) is 9.98 Å². The summed E-state index contributed by atoms with van der Waals surface area (Å²) in [5.41, 5.74) is 2.27. The van der Waals surface area contributed by atoms with Crippen LogP contribution >= 0.6 is 0 Å². The molecule has 0 N–H and O–H groups in total. The predicted molar refractivity (Wildman–Crippen MR) is 102 cm³/mol. The lowest BCUT2D eigenvalue weighted by molar-refractivity contribution is 0.285. The van der Waals surface area contributed by atoms with Gasteiger partial charge in [0.2, 0.25) is 0 Å². The lowest BCUT2D eigenvalue weighted by Crippen LogP contribution is -2.24. The summed E-state index contributed by atoms with van der Waals surface area (Å²) in [6.45, 7) is 1.05. The van der Waals surface area contributed by atoms with Crippen molar-refractivity contribution in [2.75, 3.05) is 13.2 Å². The molecule has 0 fully saturated rings. The number of hydrogen-bond donors (Lipinski definition) is 0. The Bertz CT molecular complexity index is 787. The average Bonchev–Trinajstić information content (AvgIpc) is 3.38. The third-order valence-corrected chi connectivity index (χ3v) is 4.63. The SMILES string of the molecule is C#CCC(C1=NC(c2ccccc2)CO1)C1=NC(c2ccccc2)CO1. The zero-order chi connectivity index (χ0) is 17.8. The van der Waals surface area contributed by atoms with E-state index in [1.54, 1.807) is 0 Å². The van der Waals surface area contributed by atoms with Crippen molar-refractivity contribution >= 4 is 11.8 Å². The quantitative estimate of drug-likeness (QED) is 0.771. The van der Waals surface area contributed by atoms with Crippen molar-refractivity contribution < 1.29 is 9.47 Å². The Morgan fingerprint density at radius 3 is 1.73 bits per heavy atom. The molecule has 2 aromatic carbocycles. The van der Waals surface area contributed by atoms with Crippen LogP contribution in [0.3, 0.4) is 0 Å². The highest BCUT2D eigenvalue weighted by Gasteiger charge is 2.34. The molecule has 4 rings (SSSR count). The summed E-state index contributed by atoms with van der Waals surface area (Å²) >= 11 is 0. The molecular formula is C22H20N2O2. The summed E-state index contributed by atoms with van der Waals surface area (Å²) in [6.07, 6.45) is 6.04. The number of rotatable bonds is 5. The highest BCUT2D eigenvalue weighted by Crippen LogP contribution is 2.30. The van der Waals surface area contributed by atoms with Gasteiger partial charge in [-0.2, -0.15) is 0 Å². The molecule has 0 bridgehead atoms. The highest BCUT2D eigenvalue weighted by molar-refractivity contribution is 6.01. The van der Waals surface area contributed by atoms with E-state index in [4.69, 9.17) is 25.9 Å². The Hall–Kier alpha value is -3.06. The lowest BCUT2D eigenvalue weighted by atomic mass is 10.1. The summed E-state index contributed by atoms with van der Waals surface area (Å²) in [4.78, 5) is 9.52. The van der Waals surface area contributed by atoms with Gasteiger partial charge in [0.1, 0.15) is 31.2 Å². The molecule has 2 atom stereocenters. The second kappa shape index (κ2) is 7.45. The van der Waals surface area contributed by atoms with Crippen LogP contribution < -0.4 is 0 Å². The third-order valence-electron chi connectivity index (χ3n) is 4.63. The van der Waals surface area contributed by atoms with E-state index in [0.717, 1.165) is 11.1 Å². The first-order chi connectivity index (χ1) is 12.8. The molecule has 2 aromatic rings. The van der Waals surface area contributed by atoms with Crippen LogP contribution in [0, 0.1) is 18.3 Å². The lowest BCUT2D eigenvalue weighted by Gasteiger charge is -2.13. The number of ether oxygens (including phenoxy) is 2. The smallest absolute Gasteiger partial charge is 0.197 e. The summed E-state index contributed by atoms with van der Waals surface area (Å²) < 4.78 is 11.8. The standard InChI is InChI=1S/C22H20N2O2/c1-2-9-18(21-23-19(14-25-21)16-10-5-3-6-11-16)22-24-20(15-26-22)17-12-7-4-8-13-17/h1,3-8,10-13,18-20H,9,14-15H2. The number of nitrogens with zero attached hydrogens (tertiary/aromatic N) is 2. The first-order valence-electron chi connectivity index (χ1n) is 8.79.